The molecule has 1 saturated heterocycles. The van der Waals surface area contributed by atoms with Gasteiger partial charge in [-0.15, -0.1) is 0 Å². The van der Waals surface area contributed by atoms with Gasteiger partial charge in [-0.2, -0.15) is 14.1 Å². The van der Waals surface area contributed by atoms with Crippen LogP contribution in [0.3, 0.4) is 0 Å². The summed E-state index contributed by atoms with van der Waals surface area (Å²) in [5.74, 6) is -1.10. The molecule has 1 N–H and O–H groups in total. The Balaban J connectivity index is 1.60. The van der Waals surface area contributed by atoms with E-state index in [1.54, 1.807) is 19.1 Å². The molecule has 2 aromatic carbocycles. The second kappa shape index (κ2) is 9.22. The summed E-state index contributed by atoms with van der Waals surface area (Å²) in [5.41, 5.74) is 0.538. The maximum Gasteiger partial charge on any atom is 0.276 e. The molecule has 3 aromatic rings. The van der Waals surface area contributed by atoms with Crippen LogP contribution < -0.4 is 10.9 Å². The van der Waals surface area contributed by atoms with Crippen molar-refractivity contribution in [3.63, 3.8) is 0 Å². The molecule has 0 saturated carbocycles. The number of sulfonamides is 1. The average Bonchev–Trinajstić information content (AvgIpc) is 2.81. The summed E-state index contributed by atoms with van der Waals surface area (Å²) in [6.07, 6.45) is 0. The van der Waals surface area contributed by atoms with Crippen molar-refractivity contribution in [2.75, 3.05) is 31.6 Å². The highest BCUT2D eigenvalue weighted by atomic mass is 32.2. The first-order valence-electron chi connectivity index (χ1n) is 10.1. The van der Waals surface area contributed by atoms with E-state index < -0.39 is 27.3 Å². The number of carbonyl (C=O) groups excluding carboxylic acids is 1. The number of rotatable bonds is 5. The minimum atomic E-state index is -3.76. The Morgan fingerprint density at radius 2 is 1.76 bits per heavy atom. The van der Waals surface area contributed by atoms with Crippen molar-refractivity contribution in [3.05, 3.63) is 82.0 Å². The Hall–Kier alpha value is -3.41. The van der Waals surface area contributed by atoms with Gasteiger partial charge in [-0.05, 0) is 55.0 Å². The number of nitrogens with one attached hydrogen (secondary N) is 1. The molecule has 172 valence electrons. The molecule has 33 heavy (non-hydrogen) atoms. The lowest BCUT2D eigenvalue weighted by Crippen LogP contribution is -2.40. The van der Waals surface area contributed by atoms with Gasteiger partial charge in [0.2, 0.25) is 10.0 Å². The molecular formula is C22H21FN4O5S. The molecule has 0 aliphatic carbocycles. The van der Waals surface area contributed by atoms with Crippen molar-refractivity contribution < 1.29 is 22.3 Å². The van der Waals surface area contributed by atoms with Crippen molar-refractivity contribution in [3.8, 4) is 5.69 Å². The summed E-state index contributed by atoms with van der Waals surface area (Å²) < 4.78 is 46.9. The number of nitrogens with zero attached hydrogens (tertiary/aromatic N) is 3. The quantitative estimate of drug-likeness (QED) is 0.608. The van der Waals surface area contributed by atoms with Gasteiger partial charge in [0.15, 0.2) is 0 Å². The van der Waals surface area contributed by atoms with Crippen LogP contribution in [0, 0.1) is 12.7 Å². The molecule has 1 aliphatic heterocycles. The number of aryl methyl sites for hydroxylation is 1. The number of aromatic nitrogens is 2. The Bertz CT molecular complexity index is 1350. The van der Waals surface area contributed by atoms with E-state index in [1.807, 2.05) is 0 Å². The fourth-order valence-corrected chi connectivity index (χ4v) is 5.04. The largest absolute Gasteiger partial charge is 0.379 e. The van der Waals surface area contributed by atoms with Gasteiger partial charge in [-0.1, -0.05) is 6.07 Å². The molecular weight excluding hydrogens is 451 g/mol. The second-order valence-electron chi connectivity index (χ2n) is 7.40. The number of hydrogen-bond acceptors (Lipinski definition) is 6. The lowest BCUT2D eigenvalue weighted by atomic mass is 10.2. The van der Waals surface area contributed by atoms with E-state index in [4.69, 9.17) is 4.74 Å². The van der Waals surface area contributed by atoms with Crippen molar-refractivity contribution >= 4 is 21.6 Å². The molecule has 11 heteroatoms. The van der Waals surface area contributed by atoms with Crippen LogP contribution >= 0.6 is 0 Å². The highest BCUT2D eigenvalue weighted by molar-refractivity contribution is 7.89. The zero-order chi connectivity index (χ0) is 23.6. The zero-order valence-electron chi connectivity index (χ0n) is 17.7. The van der Waals surface area contributed by atoms with Gasteiger partial charge >= 0.3 is 0 Å². The summed E-state index contributed by atoms with van der Waals surface area (Å²) in [5, 5.41) is 6.68. The third-order valence-corrected chi connectivity index (χ3v) is 7.18. The van der Waals surface area contributed by atoms with Crippen LogP contribution in [-0.4, -0.2) is 54.7 Å². The lowest BCUT2D eigenvalue weighted by Gasteiger charge is -2.26. The van der Waals surface area contributed by atoms with E-state index in [0.717, 1.165) is 4.68 Å². The maximum absolute atomic E-state index is 13.2. The second-order valence-corrected chi connectivity index (χ2v) is 9.30. The smallest absolute Gasteiger partial charge is 0.276 e. The molecule has 9 nitrogen and oxygen atoms in total. The fourth-order valence-electron chi connectivity index (χ4n) is 3.38. The molecule has 0 radical (unpaired) electrons. The van der Waals surface area contributed by atoms with Crippen molar-refractivity contribution in [2.45, 2.75) is 11.8 Å². The SMILES string of the molecule is Cc1ccc(NC(=O)c2ccc(=O)n(-c3ccc(F)cc3)n2)cc1S(=O)(=O)N1CCOCC1. The summed E-state index contributed by atoms with van der Waals surface area (Å²) in [7, 11) is -3.76. The van der Waals surface area contributed by atoms with Gasteiger partial charge in [-0.25, -0.2) is 12.8 Å². The molecule has 1 aromatic heterocycles. The average molecular weight is 472 g/mol. The van der Waals surface area contributed by atoms with Crippen LogP contribution in [0.15, 0.2) is 64.3 Å². The first kappa shape index (κ1) is 22.8. The van der Waals surface area contributed by atoms with E-state index in [0.29, 0.717) is 24.5 Å². The Kier molecular flexibility index (Phi) is 6.36. The van der Waals surface area contributed by atoms with Gasteiger partial charge in [0.05, 0.1) is 23.8 Å². The number of carbonyl (C=O) groups is 1. The van der Waals surface area contributed by atoms with Gasteiger partial charge < -0.3 is 10.1 Å². The fraction of sp³-hybridized carbons (Fsp3) is 0.227. The standard InChI is InChI=1S/C22H21FN4O5S/c1-15-2-5-17(14-20(15)33(30,31)26-10-12-32-13-11-26)24-22(29)19-8-9-21(28)27(25-19)18-6-3-16(23)4-7-18/h2-9,14H,10-13H2,1H3,(H,24,29). The lowest BCUT2D eigenvalue weighted by molar-refractivity contribution is 0.0730. The third-order valence-electron chi connectivity index (χ3n) is 5.14. The number of halogens is 1. The van der Waals surface area contributed by atoms with E-state index in [1.165, 1.54) is 46.8 Å². The Morgan fingerprint density at radius 1 is 1.06 bits per heavy atom. The third kappa shape index (κ3) is 4.85. The van der Waals surface area contributed by atoms with Crippen LogP contribution in [0.5, 0.6) is 0 Å². The molecule has 1 amide bonds. The van der Waals surface area contributed by atoms with E-state index in [-0.39, 0.29) is 29.4 Å². The first-order chi connectivity index (χ1) is 15.8. The van der Waals surface area contributed by atoms with E-state index >= 15 is 0 Å². The Morgan fingerprint density at radius 3 is 2.45 bits per heavy atom. The highest BCUT2D eigenvalue weighted by Crippen LogP contribution is 2.24. The molecule has 0 atom stereocenters. The van der Waals surface area contributed by atoms with E-state index in [2.05, 4.69) is 10.4 Å². The topological polar surface area (TPSA) is 111 Å². The number of hydrogen-bond donors (Lipinski definition) is 1. The number of morpholine rings is 1. The summed E-state index contributed by atoms with van der Waals surface area (Å²) in [6.45, 7) is 2.84. The molecule has 0 spiro atoms. The zero-order valence-corrected chi connectivity index (χ0v) is 18.5. The van der Waals surface area contributed by atoms with Crippen molar-refractivity contribution in [2.24, 2.45) is 0 Å². The number of amides is 1. The van der Waals surface area contributed by atoms with Gasteiger partial charge in [0.1, 0.15) is 11.5 Å². The molecule has 1 aliphatic rings. The monoisotopic (exact) mass is 472 g/mol. The molecule has 1 fully saturated rings. The van der Waals surface area contributed by atoms with Gasteiger partial charge in [-0.3, -0.25) is 9.59 Å². The predicted octanol–water partition coefficient (Wildman–Crippen LogP) is 1.95. The number of benzene rings is 2. The van der Waals surface area contributed by atoms with E-state index in [9.17, 15) is 22.4 Å². The minimum absolute atomic E-state index is 0.0721. The van der Waals surface area contributed by atoms with Crippen LogP contribution in [0.4, 0.5) is 10.1 Å². The summed E-state index contributed by atoms with van der Waals surface area (Å²) in [6, 6.07) is 12.1. The number of anilines is 1. The normalized spacial score (nSPS) is 14.7. The van der Waals surface area contributed by atoms with Crippen LogP contribution in [0.2, 0.25) is 0 Å². The van der Waals surface area contributed by atoms with Gasteiger partial charge in [0, 0.05) is 24.8 Å². The molecule has 0 bridgehead atoms. The summed E-state index contributed by atoms with van der Waals surface area (Å²) >= 11 is 0. The minimum Gasteiger partial charge on any atom is -0.379 e. The van der Waals surface area contributed by atoms with Crippen molar-refractivity contribution in [1.29, 1.82) is 0 Å². The molecule has 4 rings (SSSR count). The maximum atomic E-state index is 13.2. The van der Waals surface area contributed by atoms with Gasteiger partial charge in [0.25, 0.3) is 11.5 Å². The van der Waals surface area contributed by atoms with Crippen LogP contribution in [-0.2, 0) is 14.8 Å². The molecule has 2 heterocycles. The van der Waals surface area contributed by atoms with Crippen LogP contribution in [0.25, 0.3) is 5.69 Å². The van der Waals surface area contributed by atoms with Crippen molar-refractivity contribution in [1.82, 2.24) is 14.1 Å². The van der Waals surface area contributed by atoms with Crippen LogP contribution in [0.1, 0.15) is 16.1 Å². The number of ether oxygens (including phenoxy) is 1. The highest BCUT2D eigenvalue weighted by Gasteiger charge is 2.28. The summed E-state index contributed by atoms with van der Waals surface area (Å²) in [4.78, 5) is 25.0. The predicted molar refractivity (Wildman–Crippen MR) is 119 cm³/mol. The first-order valence-corrected chi connectivity index (χ1v) is 11.6. The molecule has 0 unspecified atom stereocenters. The Labute approximate surface area is 189 Å².